The maximum absolute atomic E-state index is 13.7. The molecule has 4 unspecified atom stereocenters. The Labute approximate surface area is 188 Å². The molecule has 4 aliphatic rings. The van der Waals surface area contributed by atoms with Crippen LogP contribution in [0.25, 0.3) is 0 Å². The highest BCUT2D eigenvalue weighted by Gasteiger charge is 2.50. The van der Waals surface area contributed by atoms with Crippen LogP contribution in [0.3, 0.4) is 0 Å². The second kappa shape index (κ2) is 7.09. The highest BCUT2D eigenvalue weighted by molar-refractivity contribution is 14.1. The van der Waals surface area contributed by atoms with Crippen LogP contribution in [0.2, 0.25) is 0 Å². The Kier molecular flexibility index (Phi) is 4.46. The first kappa shape index (κ1) is 18.9. The van der Waals surface area contributed by atoms with E-state index in [1.807, 2.05) is 35.2 Å². The summed E-state index contributed by atoms with van der Waals surface area (Å²) in [6.07, 6.45) is 4.91. The van der Waals surface area contributed by atoms with Gasteiger partial charge in [0.2, 0.25) is 5.43 Å². The van der Waals surface area contributed by atoms with Gasteiger partial charge in [-0.3, -0.25) is 9.59 Å². The lowest BCUT2D eigenvalue weighted by Gasteiger charge is -2.42. The van der Waals surface area contributed by atoms with Gasteiger partial charge in [0.1, 0.15) is 6.61 Å². The second-order valence-corrected chi connectivity index (χ2v) is 9.88. The number of halogens is 1. The zero-order chi connectivity index (χ0) is 20.4. The minimum Gasteiger partial charge on any atom is -0.483 e. The highest BCUT2D eigenvalue weighted by atomic mass is 127. The van der Waals surface area contributed by atoms with E-state index < -0.39 is 0 Å². The third kappa shape index (κ3) is 2.77. The predicted octanol–water partition coefficient (Wildman–Crippen LogP) is 3.50. The minimum absolute atomic E-state index is 0.0558. The fraction of sp³-hybridized carbons (Fsp3) is 0.478. The molecule has 0 spiro atoms. The lowest BCUT2D eigenvalue weighted by Crippen LogP contribution is -2.53. The molecule has 7 heteroatoms. The van der Waals surface area contributed by atoms with Crippen molar-refractivity contribution in [2.45, 2.75) is 57.1 Å². The van der Waals surface area contributed by atoms with Crippen molar-refractivity contribution in [2.75, 3.05) is 6.54 Å². The predicted molar refractivity (Wildman–Crippen MR) is 119 cm³/mol. The zero-order valence-electron chi connectivity index (χ0n) is 16.6. The van der Waals surface area contributed by atoms with Gasteiger partial charge < -0.3 is 18.9 Å². The molecule has 4 atom stereocenters. The number of nitrogens with zero attached hydrogens (tertiary/aromatic N) is 2. The SMILES string of the molecule is O=C1c2c(OCc3ccccc3)c(=O)c(I)c3n2C(CC3)C2OC3CCC(C3)CN12. The number of aromatic nitrogens is 1. The molecule has 1 aliphatic carbocycles. The van der Waals surface area contributed by atoms with Crippen molar-refractivity contribution in [3.05, 3.63) is 61.1 Å². The molecule has 6 rings (SSSR count). The topological polar surface area (TPSA) is 60.8 Å². The lowest BCUT2D eigenvalue weighted by atomic mass is 10.0. The first-order valence-electron chi connectivity index (χ1n) is 10.7. The molecule has 6 nitrogen and oxygen atoms in total. The van der Waals surface area contributed by atoms with Crippen molar-refractivity contribution in [1.82, 2.24) is 9.47 Å². The Morgan fingerprint density at radius 3 is 2.80 bits per heavy atom. The molecule has 1 saturated carbocycles. The second-order valence-electron chi connectivity index (χ2n) is 8.80. The van der Waals surface area contributed by atoms with E-state index in [4.69, 9.17) is 9.47 Å². The van der Waals surface area contributed by atoms with Gasteiger partial charge in [0.05, 0.1) is 15.7 Å². The maximum atomic E-state index is 13.7. The number of hydrogen-bond donors (Lipinski definition) is 0. The summed E-state index contributed by atoms with van der Waals surface area (Å²) in [7, 11) is 0. The Hall–Kier alpha value is -1.87. The van der Waals surface area contributed by atoms with E-state index in [1.165, 1.54) is 0 Å². The molecule has 1 aromatic carbocycles. The van der Waals surface area contributed by atoms with E-state index in [2.05, 4.69) is 27.2 Å². The molecule has 0 N–H and O–H groups in total. The quantitative estimate of drug-likeness (QED) is 0.584. The van der Waals surface area contributed by atoms with Crippen molar-refractivity contribution in [1.29, 1.82) is 0 Å². The molecular weight excluding hydrogens is 495 g/mol. The van der Waals surface area contributed by atoms with Gasteiger partial charge >= 0.3 is 0 Å². The Morgan fingerprint density at radius 2 is 1.97 bits per heavy atom. The number of benzene rings is 1. The Morgan fingerprint density at radius 1 is 1.13 bits per heavy atom. The largest absolute Gasteiger partial charge is 0.483 e. The van der Waals surface area contributed by atoms with Gasteiger partial charge in [0.15, 0.2) is 17.7 Å². The zero-order valence-corrected chi connectivity index (χ0v) is 18.7. The van der Waals surface area contributed by atoms with Gasteiger partial charge in [-0.2, -0.15) is 0 Å². The number of amides is 1. The van der Waals surface area contributed by atoms with Crippen LogP contribution >= 0.6 is 22.6 Å². The molecule has 2 aromatic rings. The monoisotopic (exact) mass is 518 g/mol. The van der Waals surface area contributed by atoms with Gasteiger partial charge in [0.25, 0.3) is 5.91 Å². The van der Waals surface area contributed by atoms with Crippen LogP contribution in [0.1, 0.15) is 53.5 Å². The van der Waals surface area contributed by atoms with E-state index >= 15 is 0 Å². The van der Waals surface area contributed by atoms with Crippen molar-refractivity contribution < 1.29 is 14.3 Å². The first-order chi connectivity index (χ1) is 14.6. The molecule has 4 heterocycles. The van der Waals surface area contributed by atoms with E-state index in [0.29, 0.717) is 21.7 Å². The van der Waals surface area contributed by atoms with E-state index in [1.54, 1.807) is 0 Å². The summed E-state index contributed by atoms with van der Waals surface area (Å²) in [5.41, 5.74) is 2.18. The molecule has 1 amide bonds. The first-order valence-corrected chi connectivity index (χ1v) is 11.8. The van der Waals surface area contributed by atoms with Gasteiger partial charge in [0, 0.05) is 12.2 Å². The molecule has 2 fully saturated rings. The van der Waals surface area contributed by atoms with Crippen molar-refractivity contribution in [2.24, 2.45) is 5.92 Å². The number of carbonyl (C=O) groups is 1. The van der Waals surface area contributed by atoms with Crippen molar-refractivity contribution in [3.63, 3.8) is 0 Å². The molecule has 30 heavy (non-hydrogen) atoms. The summed E-state index contributed by atoms with van der Waals surface area (Å²) in [5.74, 6) is 0.556. The van der Waals surface area contributed by atoms with Gasteiger partial charge in [-0.15, -0.1) is 0 Å². The smallest absolute Gasteiger partial charge is 0.276 e. The summed E-state index contributed by atoms with van der Waals surface area (Å²) < 4.78 is 15.3. The number of ether oxygens (including phenoxy) is 2. The summed E-state index contributed by atoms with van der Waals surface area (Å²) >= 11 is 2.12. The molecule has 1 saturated heterocycles. The lowest BCUT2D eigenvalue weighted by molar-refractivity contribution is -0.106. The number of pyridine rings is 1. The highest BCUT2D eigenvalue weighted by Crippen LogP contribution is 2.45. The van der Waals surface area contributed by atoms with E-state index in [0.717, 1.165) is 43.4 Å². The molecule has 3 aliphatic heterocycles. The molecule has 1 aromatic heterocycles. The molecule has 2 bridgehead atoms. The summed E-state index contributed by atoms with van der Waals surface area (Å²) in [6, 6.07) is 9.81. The Bertz CT molecular complexity index is 1080. The maximum Gasteiger partial charge on any atom is 0.276 e. The third-order valence-corrected chi connectivity index (χ3v) is 8.13. The summed E-state index contributed by atoms with van der Waals surface area (Å²) in [4.78, 5) is 28.8. The fourth-order valence-electron chi connectivity index (χ4n) is 5.64. The average molecular weight is 518 g/mol. The third-order valence-electron chi connectivity index (χ3n) is 7.02. The molecular formula is C23H23IN2O4. The van der Waals surface area contributed by atoms with Crippen LogP contribution in [0.5, 0.6) is 5.75 Å². The standard InChI is InChI=1S/C23H23IN2O4/c24-18-16-8-9-17-23-25(11-14-6-7-15(10-14)30-23)22(28)19(26(16)17)21(20(18)27)29-12-13-4-2-1-3-5-13/h1-5,14-15,17,23H,6-12H2. The van der Waals surface area contributed by atoms with Crippen LogP contribution in [-0.4, -0.2) is 34.3 Å². The van der Waals surface area contributed by atoms with Gasteiger partial charge in [-0.05, 0) is 66.2 Å². The van der Waals surface area contributed by atoms with Crippen molar-refractivity contribution in [3.8, 4) is 5.75 Å². The van der Waals surface area contributed by atoms with E-state index in [9.17, 15) is 9.59 Å². The normalized spacial score (nSPS) is 28.8. The summed E-state index contributed by atoms with van der Waals surface area (Å²) in [6.45, 7) is 0.977. The minimum atomic E-state index is -0.234. The fourth-order valence-corrected chi connectivity index (χ4v) is 6.41. The van der Waals surface area contributed by atoms with Crippen LogP contribution in [0, 0.1) is 9.49 Å². The van der Waals surface area contributed by atoms with Gasteiger partial charge in [-0.25, -0.2) is 0 Å². The molecule has 156 valence electrons. The Balaban J connectivity index is 1.46. The number of rotatable bonds is 3. The van der Waals surface area contributed by atoms with Crippen molar-refractivity contribution >= 4 is 28.5 Å². The van der Waals surface area contributed by atoms with Crippen LogP contribution in [0.15, 0.2) is 35.1 Å². The van der Waals surface area contributed by atoms with Crippen LogP contribution < -0.4 is 10.2 Å². The van der Waals surface area contributed by atoms with Crippen LogP contribution in [-0.2, 0) is 17.8 Å². The van der Waals surface area contributed by atoms with E-state index in [-0.39, 0.29) is 42.1 Å². The average Bonchev–Trinajstić information content (AvgIpc) is 3.33. The van der Waals surface area contributed by atoms with Crippen LogP contribution in [0.4, 0.5) is 0 Å². The van der Waals surface area contributed by atoms with Gasteiger partial charge in [-0.1, -0.05) is 30.3 Å². The summed E-state index contributed by atoms with van der Waals surface area (Å²) in [5, 5.41) is 0. The number of hydrogen-bond acceptors (Lipinski definition) is 4. The number of fused-ring (bicyclic) bond motifs is 4. The molecule has 0 radical (unpaired) electrons. The number of carbonyl (C=O) groups excluding carboxylic acids is 1.